The molecule has 0 aliphatic heterocycles. The van der Waals surface area contributed by atoms with Crippen molar-refractivity contribution in [2.45, 2.75) is 63.1 Å². The van der Waals surface area contributed by atoms with Crippen LogP contribution in [0.15, 0.2) is 29.9 Å². The fourth-order valence-corrected chi connectivity index (χ4v) is 4.18. The van der Waals surface area contributed by atoms with E-state index in [1.165, 1.54) is 6.42 Å². The maximum Gasteiger partial charge on any atom is 0.276 e. The van der Waals surface area contributed by atoms with Crippen LogP contribution < -0.4 is 5.32 Å². The number of aromatic nitrogens is 3. The van der Waals surface area contributed by atoms with Gasteiger partial charge in [0.25, 0.3) is 5.91 Å². The Hall–Kier alpha value is -2.35. The summed E-state index contributed by atoms with van der Waals surface area (Å²) >= 11 is 1.14. The molecule has 2 aliphatic carbocycles. The Morgan fingerprint density at radius 1 is 1.11 bits per heavy atom. The van der Waals surface area contributed by atoms with Gasteiger partial charge in [0.1, 0.15) is 6.04 Å². The summed E-state index contributed by atoms with van der Waals surface area (Å²) in [5.74, 6) is -0.344. The molecule has 0 radical (unpaired) electrons. The molecule has 4 rings (SSSR count). The molecule has 0 bridgehead atoms. The highest BCUT2D eigenvalue weighted by Crippen LogP contribution is 2.36. The minimum absolute atomic E-state index is 0.0643. The van der Waals surface area contributed by atoms with Crippen LogP contribution in [0, 0.1) is 0 Å². The predicted molar refractivity (Wildman–Crippen MR) is 101 cm³/mol. The zero-order valence-electron chi connectivity index (χ0n) is 15.1. The Kier molecular flexibility index (Phi) is 5.42. The average Bonchev–Trinajstić information content (AvgIpc) is 3.38. The smallest absolute Gasteiger partial charge is 0.276 e. The van der Waals surface area contributed by atoms with Gasteiger partial charge in [0, 0.05) is 29.9 Å². The van der Waals surface area contributed by atoms with E-state index in [0.717, 1.165) is 55.6 Å². The van der Waals surface area contributed by atoms with E-state index in [1.807, 2.05) is 12.1 Å². The molecule has 0 aromatic carbocycles. The van der Waals surface area contributed by atoms with Gasteiger partial charge in [-0.05, 0) is 54.9 Å². The average molecular weight is 385 g/mol. The summed E-state index contributed by atoms with van der Waals surface area (Å²) < 4.78 is 3.81. The standard InChI is InChI=1S/C19H23N5O2S/c25-18(21-14-4-2-1-3-5-14)17(13-8-10-20-11-9-13)24(15-6-7-15)19(26)16-12-27-23-22-16/h8-12,14-15,17H,1-7H2,(H,21,25)/t17-/m0/s1. The molecule has 2 aromatic rings. The molecule has 2 heterocycles. The number of nitrogens with zero attached hydrogens (tertiary/aromatic N) is 4. The molecule has 0 spiro atoms. The van der Waals surface area contributed by atoms with E-state index in [4.69, 9.17) is 0 Å². The SMILES string of the molecule is O=C(NC1CCCCC1)[C@H](c1ccncc1)N(C(=O)c1csnn1)C1CC1. The lowest BCUT2D eigenvalue weighted by Crippen LogP contribution is -2.48. The Morgan fingerprint density at radius 3 is 2.48 bits per heavy atom. The first-order chi connectivity index (χ1) is 13.2. The van der Waals surface area contributed by atoms with Crippen molar-refractivity contribution in [1.29, 1.82) is 0 Å². The Bertz CT molecular complexity index is 773. The molecule has 142 valence electrons. The van der Waals surface area contributed by atoms with Gasteiger partial charge in [-0.3, -0.25) is 14.6 Å². The molecule has 1 N–H and O–H groups in total. The summed E-state index contributed by atoms with van der Waals surface area (Å²) in [6.45, 7) is 0. The van der Waals surface area contributed by atoms with Crippen molar-refractivity contribution in [3.63, 3.8) is 0 Å². The van der Waals surface area contributed by atoms with Crippen molar-refractivity contribution in [2.75, 3.05) is 0 Å². The van der Waals surface area contributed by atoms with Crippen LogP contribution in [0.4, 0.5) is 0 Å². The summed E-state index contributed by atoms with van der Waals surface area (Å²) in [7, 11) is 0. The summed E-state index contributed by atoms with van der Waals surface area (Å²) in [4.78, 5) is 32.2. The molecular weight excluding hydrogens is 362 g/mol. The quantitative estimate of drug-likeness (QED) is 0.826. The van der Waals surface area contributed by atoms with Gasteiger partial charge in [-0.1, -0.05) is 23.8 Å². The van der Waals surface area contributed by atoms with Crippen LogP contribution in [-0.2, 0) is 4.79 Å². The number of hydrogen-bond acceptors (Lipinski definition) is 6. The van der Waals surface area contributed by atoms with Gasteiger partial charge in [0.05, 0.1) is 0 Å². The van der Waals surface area contributed by atoms with Gasteiger partial charge in [0.2, 0.25) is 5.91 Å². The van der Waals surface area contributed by atoms with Crippen molar-refractivity contribution in [1.82, 2.24) is 24.8 Å². The number of rotatable bonds is 6. The highest BCUT2D eigenvalue weighted by molar-refractivity contribution is 7.03. The molecule has 2 aromatic heterocycles. The number of carbonyl (C=O) groups is 2. The van der Waals surface area contributed by atoms with E-state index >= 15 is 0 Å². The molecule has 2 amide bonds. The van der Waals surface area contributed by atoms with Crippen LogP contribution >= 0.6 is 11.5 Å². The second-order valence-corrected chi connectivity index (χ2v) is 7.87. The Labute approximate surface area is 162 Å². The van der Waals surface area contributed by atoms with Crippen molar-refractivity contribution in [2.24, 2.45) is 0 Å². The zero-order chi connectivity index (χ0) is 18.6. The first-order valence-electron chi connectivity index (χ1n) is 9.54. The summed E-state index contributed by atoms with van der Waals surface area (Å²) in [5, 5.41) is 8.76. The number of nitrogens with one attached hydrogen (secondary N) is 1. The minimum Gasteiger partial charge on any atom is -0.351 e. The normalized spacial score (nSPS) is 18.7. The van der Waals surface area contributed by atoms with Crippen molar-refractivity contribution in [3.8, 4) is 0 Å². The lowest BCUT2D eigenvalue weighted by Gasteiger charge is -2.33. The maximum atomic E-state index is 13.3. The second-order valence-electron chi connectivity index (χ2n) is 7.26. The largest absolute Gasteiger partial charge is 0.351 e. The topological polar surface area (TPSA) is 88.1 Å². The second kappa shape index (κ2) is 8.12. The fraction of sp³-hybridized carbons (Fsp3) is 0.526. The molecular formula is C19H23N5O2S. The third kappa shape index (κ3) is 4.16. The third-order valence-electron chi connectivity index (χ3n) is 5.25. The number of amides is 2. The Balaban J connectivity index is 1.63. The number of pyridine rings is 1. The maximum absolute atomic E-state index is 13.3. The van der Waals surface area contributed by atoms with Gasteiger partial charge in [-0.15, -0.1) is 5.10 Å². The van der Waals surface area contributed by atoms with Gasteiger partial charge < -0.3 is 10.2 Å². The van der Waals surface area contributed by atoms with Crippen molar-refractivity contribution < 1.29 is 9.59 Å². The van der Waals surface area contributed by atoms with E-state index in [0.29, 0.717) is 5.69 Å². The van der Waals surface area contributed by atoms with Crippen LogP contribution in [0.5, 0.6) is 0 Å². The van der Waals surface area contributed by atoms with Crippen LogP contribution in [0.25, 0.3) is 0 Å². The molecule has 8 heteroatoms. The monoisotopic (exact) mass is 385 g/mol. The van der Waals surface area contributed by atoms with Crippen molar-refractivity contribution >= 4 is 23.3 Å². The highest BCUT2D eigenvalue weighted by atomic mass is 32.1. The van der Waals surface area contributed by atoms with Crippen LogP contribution in [0.2, 0.25) is 0 Å². The van der Waals surface area contributed by atoms with Crippen LogP contribution in [0.3, 0.4) is 0 Å². The molecule has 2 saturated carbocycles. The van der Waals surface area contributed by atoms with E-state index in [9.17, 15) is 9.59 Å². The molecule has 1 atom stereocenters. The fourth-order valence-electron chi connectivity index (χ4n) is 3.75. The minimum atomic E-state index is -0.670. The summed E-state index contributed by atoms with van der Waals surface area (Å²) in [6, 6.07) is 3.21. The van der Waals surface area contributed by atoms with E-state index < -0.39 is 6.04 Å². The Morgan fingerprint density at radius 2 is 1.85 bits per heavy atom. The predicted octanol–water partition coefficient (Wildman–Crippen LogP) is 2.73. The van der Waals surface area contributed by atoms with E-state index in [-0.39, 0.29) is 23.9 Å². The van der Waals surface area contributed by atoms with Crippen LogP contribution in [0.1, 0.15) is 67.0 Å². The van der Waals surface area contributed by atoms with Crippen LogP contribution in [-0.4, -0.2) is 43.4 Å². The zero-order valence-corrected chi connectivity index (χ0v) is 15.9. The molecule has 7 nitrogen and oxygen atoms in total. The number of carbonyl (C=O) groups excluding carboxylic acids is 2. The summed E-state index contributed by atoms with van der Waals surface area (Å²) in [6.07, 6.45) is 10.6. The molecule has 0 saturated heterocycles. The molecule has 2 aliphatic rings. The molecule has 27 heavy (non-hydrogen) atoms. The van der Waals surface area contributed by atoms with Gasteiger partial charge in [-0.2, -0.15) is 0 Å². The third-order valence-corrected chi connectivity index (χ3v) is 5.76. The lowest BCUT2D eigenvalue weighted by molar-refractivity contribution is -0.127. The van der Waals surface area contributed by atoms with E-state index in [2.05, 4.69) is 19.9 Å². The summed E-state index contributed by atoms with van der Waals surface area (Å²) in [5.41, 5.74) is 1.08. The highest BCUT2D eigenvalue weighted by Gasteiger charge is 2.42. The van der Waals surface area contributed by atoms with E-state index in [1.54, 1.807) is 22.7 Å². The first-order valence-corrected chi connectivity index (χ1v) is 10.4. The van der Waals surface area contributed by atoms with Gasteiger partial charge in [-0.25, -0.2) is 0 Å². The molecule has 0 unspecified atom stereocenters. The molecule has 2 fully saturated rings. The first kappa shape index (κ1) is 18.0. The van der Waals surface area contributed by atoms with Crippen molar-refractivity contribution in [3.05, 3.63) is 41.2 Å². The lowest BCUT2D eigenvalue weighted by atomic mass is 9.94. The van der Waals surface area contributed by atoms with Gasteiger partial charge in [0.15, 0.2) is 5.69 Å². The van der Waals surface area contributed by atoms with Gasteiger partial charge >= 0.3 is 0 Å². The number of hydrogen-bond donors (Lipinski definition) is 1.